The van der Waals surface area contributed by atoms with Crippen LogP contribution in [0.3, 0.4) is 0 Å². The molecule has 0 saturated carbocycles. The van der Waals surface area contributed by atoms with Crippen LogP contribution in [0.15, 0.2) is 48.5 Å². The van der Waals surface area contributed by atoms with Crippen molar-refractivity contribution in [3.05, 3.63) is 52.1 Å². The van der Waals surface area contributed by atoms with E-state index < -0.39 is 0 Å². The Morgan fingerprint density at radius 1 is 1.16 bits per heavy atom. The van der Waals surface area contributed by atoms with Crippen molar-refractivity contribution in [1.82, 2.24) is 0 Å². The van der Waals surface area contributed by atoms with Crippen molar-refractivity contribution in [1.29, 1.82) is 0 Å². The maximum Gasteiger partial charge on any atom is 0.262 e. The third-order valence-corrected chi connectivity index (χ3v) is 3.24. The lowest BCUT2D eigenvalue weighted by molar-refractivity contribution is -0.118. The first kappa shape index (κ1) is 13.7. The van der Waals surface area contributed by atoms with E-state index in [0.717, 1.165) is 3.57 Å². The Labute approximate surface area is 124 Å². The van der Waals surface area contributed by atoms with Gasteiger partial charge in [0.1, 0.15) is 11.5 Å². The molecule has 2 aromatic rings. The highest BCUT2D eigenvalue weighted by molar-refractivity contribution is 14.1. The molecule has 0 heterocycles. The predicted octanol–water partition coefficient (Wildman–Crippen LogP) is 3.01. The van der Waals surface area contributed by atoms with E-state index in [4.69, 9.17) is 9.84 Å². The number of carbonyl (C=O) groups is 1. The average Bonchev–Trinajstić information content (AvgIpc) is 2.40. The Morgan fingerprint density at radius 2 is 1.84 bits per heavy atom. The molecule has 0 fully saturated rings. The summed E-state index contributed by atoms with van der Waals surface area (Å²) in [5.74, 6) is 0.599. The Morgan fingerprint density at radius 3 is 2.53 bits per heavy atom. The van der Waals surface area contributed by atoms with Crippen LogP contribution < -0.4 is 10.1 Å². The summed E-state index contributed by atoms with van der Waals surface area (Å²) in [6.45, 7) is -0.0547. The molecule has 0 atom stereocenters. The van der Waals surface area contributed by atoms with E-state index in [9.17, 15) is 4.79 Å². The summed E-state index contributed by atoms with van der Waals surface area (Å²) < 4.78 is 6.38. The number of para-hydroxylation sites is 1. The largest absolute Gasteiger partial charge is 0.508 e. The molecule has 2 rings (SSSR count). The number of phenols is 1. The summed E-state index contributed by atoms with van der Waals surface area (Å²) in [4.78, 5) is 11.7. The van der Waals surface area contributed by atoms with Gasteiger partial charge in [0.05, 0.1) is 3.57 Å². The van der Waals surface area contributed by atoms with Gasteiger partial charge in [0.25, 0.3) is 5.91 Å². The highest BCUT2D eigenvalue weighted by Gasteiger charge is 2.05. The fourth-order valence-corrected chi connectivity index (χ4v) is 1.99. The maximum atomic E-state index is 11.7. The highest BCUT2D eigenvalue weighted by Crippen LogP contribution is 2.19. The zero-order chi connectivity index (χ0) is 13.7. The van der Waals surface area contributed by atoms with Crippen LogP contribution in [0.4, 0.5) is 5.69 Å². The molecule has 2 N–H and O–H groups in total. The number of rotatable bonds is 4. The number of aromatic hydroxyl groups is 1. The Balaban J connectivity index is 1.88. The van der Waals surface area contributed by atoms with Crippen LogP contribution in [0.25, 0.3) is 0 Å². The van der Waals surface area contributed by atoms with E-state index in [2.05, 4.69) is 27.9 Å². The molecule has 0 aromatic heterocycles. The molecule has 0 bridgehead atoms. The van der Waals surface area contributed by atoms with Crippen LogP contribution in [-0.4, -0.2) is 17.6 Å². The van der Waals surface area contributed by atoms with Gasteiger partial charge in [0.15, 0.2) is 6.61 Å². The van der Waals surface area contributed by atoms with Crippen molar-refractivity contribution >= 4 is 34.2 Å². The number of carbonyl (C=O) groups excluding carboxylic acids is 1. The number of halogens is 1. The quantitative estimate of drug-likeness (QED) is 0.644. The first-order chi connectivity index (χ1) is 9.15. The van der Waals surface area contributed by atoms with Gasteiger partial charge in [-0.1, -0.05) is 12.1 Å². The van der Waals surface area contributed by atoms with Gasteiger partial charge in [-0.2, -0.15) is 0 Å². The first-order valence-corrected chi connectivity index (χ1v) is 6.69. The zero-order valence-electron chi connectivity index (χ0n) is 9.97. The van der Waals surface area contributed by atoms with E-state index in [-0.39, 0.29) is 18.3 Å². The van der Waals surface area contributed by atoms with Crippen LogP contribution in [0, 0.1) is 3.57 Å². The molecule has 19 heavy (non-hydrogen) atoms. The van der Waals surface area contributed by atoms with E-state index >= 15 is 0 Å². The molecule has 2 aromatic carbocycles. The van der Waals surface area contributed by atoms with E-state index in [1.165, 1.54) is 12.1 Å². The second kappa shape index (κ2) is 6.42. The summed E-state index contributed by atoms with van der Waals surface area (Å²) in [7, 11) is 0. The molecule has 4 nitrogen and oxygen atoms in total. The van der Waals surface area contributed by atoms with Crippen molar-refractivity contribution in [2.24, 2.45) is 0 Å². The van der Waals surface area contributed by atoms with E-state index in [0.29, 0.717) is 11.4 Å². The number of amides is 1. The minimum atomic E-state index is -0.245. The smallest absolute Gasteiger partial charge is 0.262 e. The van der Waals surface area contributed by atoms with Crippen molar-refractivity contribution in [2.45, 2.75) is 0 Å². The fraction of sp³-hybridized carbons (Fsp3) is 0.0714. The van der Waals surface area contributed by atoms with Crippen LogP contribution in [-0.2, 0) is 4.79 Å². The summed E-state index contributed by atoms with van der Waals surface area (Å²) in [5.41, 5.74) is 0.620. The number of hydrogen-bond acceptors (Lipinski definition) is 3. The summed E-state index contributed by atoms with van der Waals surface area (Å²) in [6, 6.07) is 13.8. The topological polar surface area (TPSA) is 58.6 Å². The normalized spacial score (nSPS) is 9.95. The number of benzene rings is 2. The van der Waals surface area contributed by atoms with Gasteiger partial charge < -0.3 is 15.2 Å². The molecule has 0 unspecified atom stereocenters. The monoisotopic (exact) mass is 369 g/mol. The minimum absolute atomic E-state index is 0.0547. The first-order valence-electron chi connectivity index (χ1n) is 5.61. The molecule has 0 aliphatic rings. The summed E-state index contributed by atoms with van der Waals surface area (Å²) in [6.07, 6.45) is 0. The predicted molar refractivity (Wildman–Crippen MR) is 81.4 cm³/mol. The summed E-state index contributed by atoms with van der Waals surface area (Å²) >= 11 is 2.15. The van der Waals surface area contributed by atoms with Crippen molar-refractivity contribution < 1.29 is 14.6 Å². The Kier molecular flexibility index (Phi) is 4.62. The minimum Gasteiger partial charge on any atom is -0.508 e. The molecule has 0 aliphatic heterocycles. The standard InChI is InChI=1S/C14H12INO3/c15-12-3-1-2-4-13(12)19-9-14(18)16-10-5-7-11(17)8-6-10/h1-8,17H,9H2,(H,16,18). The van der Waals surface area contributed by atoms with Gasteiger partial charge >= 0.3 is 0 Å². The third kappa shape index (κ3) is 4.13. The van der Waals surface area contributed by atoms with Crippen LogP contribution >= 0.6 is 22.6 Å². The second-order valence-corrected chi connectivity index (χ2v) is 4.98. The van der Waals surface area contributed by atoms with Gasteiger partial charge in [-0.25, -0.2) is 0 Å². The van der Waals surface area contributed by atoms with Crippen LogP contribution in [0.1, 0.15) is 0 Å². The number of nitrogens with one attached hydrogen (secondary N) is 1. The molecule has 0 spiro atoms. The van der Waals surface area contributed by atoms with Gasteiger partial charge in [0, 0.05) is 5.69 Å². The van der Waals surface area contributed by atoms with Gasteiger partial charge in [-0.05, 0) is 59.0 Å². The molecule has 0 radical (unpaired) electrons. The Bertz CT molecular complexity index is 569. The summed E-state index contributed by atoms with van der Waals surface area (Å²) in [5, 5.41) is 11.8. The highest BCUT2D eigenvalue weighted by atomic mass is 127. The molecule has 0 saturated heterocycles. The SMILES string of the molecule is O=C(COc1ccccc1I)Nc1ccc(O)cc1. The maximum absolute atomic E-state index is 11.7. The van der Waals surface area contributed by atoms with Crippen molar-refractivity contribution in [3.63, 3.8) is 0 Å². The average molecular weight is 369 g/mol. The molecule has 1 amide bonds. The third-order valence-electron chi connectivity index (χ3n) is 2.35. The van der Waals surface area contributed by atoms with Gasteiger partial charge in [-0.15, -0.1) is 0 Å². The van der Waals surface area contributed by atoms with Gasteiger partial charge in [0.2, 0.25) is 0 Å². The lowest BCUT2D eigenvalue weighted by atomic mass is 10.3. The lowest BCUT2D eigenvalue weighted by Gasteiger charge is -2.08. The van der Waals surface area contributed by atoms with Crippen molar-refractivity contribution in [2.75, 3.05) is 11.9 Å². The lowest BCUT2D eigenvalue weighted by Crippen LogP contribution is -2.20. The molecular weight excluding hydrogens is 357 g/mol. The van der Waals surface area contributed by atoms with Crippen molar-refractivity contribution in [3.8, 4) is 11.5 Å². The van der Waals surface area contributed by atoms with E-state index in [1.807, 2.05) is 24.3 Å². The number of ether oxygens (including phenoxy) is 1. The van der Waals surface area contributed by atoms with Crippen LogP contribution in [0.2, 0.25) is 0 Å². The number of anilines is 1. The Hall–Kier alpha value is -1.76. The van der Waals surface area contributed by atoms with E-state index in [1.54, 1.807) is 12.1 Å². The molecule has 0 aliphatic carbocycles. The molecular formula is C14H12INO3. The molecule has 98 valence electrons. The second-order valence-electron chi connectivity index (χ2n) is 3.81. The van der Waals surface area contributed by atoms with Gasteiger partial charge in [-0.3, -0.25) is 4.79 Å². The number of hydrogen-bond donors (Lipinski definition) is 2. The molecule has 5 heteroatoms. The van der Waals surface area contributed by atoms with Crippen LogP contribution in [0.5, 0.6) is 11.5 Å². The fourth-order valence-electron chi connectivity index (χ4n) is 1.45. The zero-order valence-corrected chi connectivity index (χ0v) is 12.1. The number of phenolic OH excluding ortho intramolecular Hbond substituents is 1.